The van der Waals surface area contributed by atoms with Crippen LogP contribution in [0.25, 0.3) is 0 Å². The van der Waals surface area contributed by atoms with Gasteiger partial charge in [-0.1, -0.05) is 0 Å². The molecule has 106 valence electrons. The van der Waals surface area contributed by atoms with E-state index in [-0.39, 0.29) is 0 Å². The number of anilines is 2. The zero-order valence-electron chi connectivity index (χ0n) is 11.8. The van der Waals surface area contributed by atoms with Gasteiger partial charge in [-0.3, -0.25) is 0 Å². The van der Waals surface area contributed by atoms with E-state index in [2.05, 4.69) is 5.32 Å². The Morgan fingerprint density at radius 3 is 2.95 bits per heavy atom. The van der Waals surface area contributed by atoms with Gasteiger partial charge in [-0.05, 0) is 44.7 Å². The minimum absolute atomic E-state index is 0.363. The van der Waals surface area contributed by atoms with Gasteiger partial charge < -0.3 is 20.5 Å². The molecule has 2 rings (SSSR count). The second-order valence-electron chi connectivity index (χ2n) is 5.05. The van der Waals surface area contributed by atoms with Crippen LogP contribution in [0.5, 0.6) is 5.75 Å². The maximum Gasteiger partial charge on any atom is 0.121 e. The number of hydrogen-bond acceptors (Lipinski definition) is 4. The molecule has 4 nitrogen and oxygen atoms in total. The van der Waals surface area contributed by atoms with Crippen molar-refractivity contribution < 1.29 is 9.47 Å². The van der Waals surface area contributed by atoms with Crippen LogP contribution >= 0.6 is 0 Å². The molecule has 1 aromatic rings. The van der Waals surface area contributed by atoms with E-state index in [1.54, 1.807) is 7.11 Å². The van der Waals surface area contributed by atoms with E-state index in [1.165, 1.54) is 6.42 Å². The number of methoxy groups -OCH3 is 1. The van der Waals surface area contributed by atoms with Crippen molar-refractivity contribution in [3.8, 4) is 5.75 Å². The predicted octanol–water partition coefficient (Wildman–Crippen LogP) is 3.04. The summed E-state index contributed by atoms with van der Waals surface area (Å²) in [5, 5.41) is 3.53. The SMILES string of the molecule is CCOc1ccc(N)c(NC2CCCC(OC)C2)c1. The molecule has 1 aromatic carbocycles. The number of ether oxygens (including phenoxy) is 2. The average Bonchev–Trinajstić information content (AvgIpc) is 2.43. The van der Waals surface area contributed by atoms with Gasteiger partial charge in [0.25, 0.3) is 0 Å². The van der Waals surface area contributed by atoms with E-state index in [0.29, 0.717) is 18.8 Å². The van der Waals surface area contributed by atoms with Crippen LogP contribution in [-0.2, 0) is 4.74 Å². The van der Waals surface area contributed by atoms with Gasteiger partial charge in [0.2, 0.25) is 0 Å². The molecule has 19 heavy (non-hydrogen) atoms. The highest BCUT2D eigenvalue weighted by atomic mass is 16.5. The Morgan fingerprint density at radius 2 is 2.21 bits per heavy atom. The fourth-order valence-corrected chi connectivity index (χ4v) is 2.63. The predicted molar refractivity (Wildman–Crippen MR) is 78.7 cm³/mol. The molecule has 0 bridgehead atoms. The van der Waals surface area contributed by atoms with Gasteiger partial charge in [0, 0.05) is 19.2 Å². The molecule has 1 aliphatic rings. The Hall–Kier alpha value is -1.42. The number of nitrogens with one attached hydrogen (secondary N) is 1. The Kier molecular flexibility index (Phi) is 4.91. The third-order valence-corrected chi connectivity index (χ3v) is 3.65. The van der Waals surface area contributed by atoms with Crippen LogP contribution in [0.3, 0.4) is 0 Å². The summed E-state index contributed by atoms with van der Waals surface area (Å²) in [6.07, 6.45) is 4.92. The monoisotopic (exact) mass is 264 g/mol. The van der Waals surface area contributed by atoms with Gasteiger partial charge in [0.05, 0.1) is 24.1 Å². The quantitative estimate of drug-likeness (QED) is 0.803. The van der Waals surface area contributed by atoms with Crippen molar-refractivity contribution in [2.75, 3.05) is 24.8 Å². The molecule has 1 fully saturated rings. The largest absolute Gasteiger partial charge is 0.494 e. The van der Waals surface area contributed by atoms with Crippen LogP contribution in [0.2, 0.25) is 0 Å². The molecule has 0 aliphatic heterocycles. The van der Waals surface area contributed by atoms with Gasteiger partial charge in [-0.25, -0.2) is 0 Å². The molecular formula is C15H24N2O2. The minimum Gasteiger partial charge on any atom is -0.494 e. The number of nitrogen functional groups attached to an aromatic ring is 1. The van der Waals surface area contributed by atoms with E-state index in [1.807, 2.05) is 25.1 Å². The van der Waals surface area contributed by atoms with Crippen LogP contribution in [0, 0.1) is 0 Å². The van der Waals surface area contributed by atoms with Crippen LogP contribution in [0.4, 0.5) is 11.4 Å². The van der Waals surface area contributed by atoms with E-state index >= 15 is 0 Å². The van der Waals surface area contributed by atoms with E-state index in [9.17, 15) is 0 Å². The Balaban J connectivity index is 2.03. The smallest absolute Gasteiger partial charge is 0.121 e. The highest BCUT2D eigenvalue weighted by molar-refractivity contribution is 5.68. The molecule has 1 aliphatic carbocycles. The van der Waals surface area contributed by atoms with Crippen molar-refractivity contribution in [3.63, 3.8) is 0 Å². The molecule has 0 amide bonds. The van der Waals surface area contributed by atoms with Crippen molar-refractivity contribution in [2.24, 2.45) is 0 Å². The summed E-state index contributed by atoms with van der Waals surface area (Å²) in [6.45, 7) is 2.65. The molecule has 0 spiro atoms. The van der Waals surface area contributed by atoms with Gasteiger partial charge >= 0.3 is 0 Å². The molecule has 0 radical (unpaired) electrons. The molecule has 3 N–H and O–H groups in total. The lowest BCUT2D eigenvalue weighted by molar-refractivity contribution is 0.0669. The number of nitrogens with two attached hydrogens (primary N) is 1. The second kappa shape index (κ2) is 6.66. The molecule has 2 atom stereocenters. The normalized spacial score (nSPS) is 23.1. The molecule has 0 aromatic heterocycles. The second-order valence-corrected chi connectivity index (χ2v) is 5.05. The molecule has 1 saturated carbocycles. The third kappa shape index (κ3) is 3.77. The van der Waals surface area contributed by atoms with Crippen LogP contribution in [0.15, 0.2) is 18.2 Å². The summed E-state index contributed by atoms with van der Waals surface area (Å²) < 4.78 is 11.0. The zero-order chi connectivity index (χ0) is 13.7. The standard InChI is InChI=1S/C15H24N2O2/c1-3-19-13-7-8-14(16)15(10-13)17-11-5-4-6-12(9-11)18-2/h7-8,10-12,17H,3-6,9,16H2,1-2H3. The van der Waals surface area contributed by atoms with Crippen molar-refractivity contribution in [3.05, 3.63) is 18.2 Å². The Bertz CT molecular complexity index is 409. The maximum atomic E-state index is 6.02. The first-order valence-electron chi connectivity index (χ1n) is 7.04. The lowest BCUT2D eigenvalue weighted by Crippen LogP contribution is -2.31. The summed E-state index contributed by atoms with van der Waals surface area (Å²) in [4.78, 5) is 0. The Labute approximate surface area is 115 Å². The van der Waals surface area contributed by atoms with Crippen molar-refractivity contribution in [2.45, 2.75) is 44.8 Å². The lowest BCUT2D eigenvalue weighted by atomic mass is 9.92. The fraction of sp³-hybridized carbons (Fsp3) is 0.600. The minimum atomic E-state index is 0.363. The molecule has 0 saturated heterocycles. The third-order valence-electron chi connectivity index (χ3n) is 3.65. The van der Waals surface area contributed by atoms with Gasteiger partial charge in [0.1, 0.15) is 5.75 Å². The van der Waals surface area contributed by atoms with Crippen LogP contribution in [-0.4, -0.2) is 25.9 Å². The summed E-state index contributed by atoms with van der Waals surface area (Å²) in [7, 11) is 1.79. The lowest BCUT2D eigenvalue weighted by Gasteiger charge is -2.30. The summed E-state index contributed by atoms with van der Waals surface area (Å²) in [5.74, 6) is 0.860. The number of hydrogen-bond donors (Lipinski definition) is 2. The highest BCUT2D eigenvalue weighted by Gasteiger charge is 2.22. The maximum absolute atomic E-state index is 6.02. The van der Waals surface area contributed by atoms with E-state index < -0.39 is 0 Å². The van der Waals surface area contributed by atoms with Gasteiger partial charge in [-0.2, -0.15) is 0 Å². The van der Waals surface area contributed by atoms with Crippen molar-refractivity contribution in [1.82, 2.24) is 0 Å². The first kappa shape index (κ1) is 14.0. The van der Waals surface area contributed by atoms with Crippen molar-refractivity contribution >= 4 is 11.4 Å². The van der Waals surface area contributed by atoms with Crippen LogP contribution in [0.1, 0.15) is 32.6 Å². The molecule has 4 heteroatoms. The summed E-state index contributed by atoms with van der Waals surface area (Å²) in [5.41, 5.74) is 7.75. The van der Waals surface area contributed by atoms with E-state index in [4.69, 9.17) is 15.2 Å². The molecule has 0 heterocycles. The fourth-order valence-electron chi connectivity index (χ4n) is 2.63. The highest BCUT2D eigenvalue weighted by Crippen LogP contribution is 2.29. The van der Waals surface area contributed by atoms with Crippen LogP contribution < -0.4 is 15.8 Å². The first-order valence-corrected chi connectivity index (χ1v) is 7.04. The van der Waals surface area contributed by atoms with Gasteiger partial charge in [0.15, 0.2) is 0 Å². The first-order chi connectivity index (χ1) is 9.22. The average molecular weight is 264 g/mol. The van der Waals surface area contributed by atoms with E-state index in [0.717, 1.165) is 36.4 Å². The number of rotatable bonds is 5. The number of benzene rings is 1. The summed E-state index contributed by atoms with van der Waals surface area (Å²) >= 11 is 0. The topological polar surface area (TPSA) is 56.5 Å². The Morgan fingerprint density at radius 1 is 1.37 bits per heavy atom. The van der Waals surface area contributed by atoms with Gasteiger partial charge in [-0.15, -0.1) is 0 Å². The molecular weight excluding hydrogens is 240 g/mol. The van der Waals surface area contributed by atoms with Crippen molar-refractivity contribution in [1.29, 1.82) is 0 Å². The molecule has 2 unspecified atom stereocenters. The zero-order valence-corrected chi connectivity index (χ0v) is 11.8. The summed E-state index contributed by atoms with van der Waals surface area (Å²) in [6, 6.07) is 6.21.